The molecule has 0 aliphatic heterocycles. The molecule has 0 bridgehead atoms. The lowest BCUT2D eigenvalue weighted by Gasteiger charge is -2.22. The zero-order valence-corrected chi connectivity index (χ0v) is 14.6. The number of hydrogen-bond acceptors (Lipinski definition) is 6. The van der Waals surface area contributed by atoms with Gasteiger partial charge in [-0.15, -0.1) is 0 Å². The molecule has 7 nitrogen and oxygen atoms in total. The zero-order chi connectivity index (χ0) is 16.3. The quantitative estimate of drug-likeness (QED) is 0.534. The van der Waals surface area contributed by atoms with Crippen molar-refractivity contribution in [3.05, 3.63) is 32.8 Å². The highest BCUT2D eigenvalue weighted by Crippen LogP contribution is 2.27. The molecule has 0 fully saturated rings. The fourth-order valence-electron chi connectivity index (χ4n) is 1.54. The van der Waals surface area contributed by atoms with E-state index in [9.17, 15) is 23.6 Å². The van der Waals surface area contributed by atoms with E-state index in [0.717, 1.165) is 12.1 Å². The van der Waals surface area contributed by atoms with Crippen LogP contribution in [0.4, 0.5) is 5.69 Å². The van der Waals surface area contributed by atoms with Crippen LogP contribution in [-0.4, -0.2) is 42.6 Å². The van der Waals surface area contributed by atoms with Crippen LogP contribution in [-0.2, 0) is 10.0 Å². The first-order valence-corrected chi connectivity index (χ1v) is 9.41. The highest BCUT2D eigenvalue weighted by atomic mass is 79.9. The van der Waals surface area contributed by atoms with Crippen LogP contribution in [0.1, 0.15) is 6.92 Å². The van der Waals surface area contributed by atoms with E-state index < -0.39 is 31.1 Å². The maximum atomic E-state index is 12.2. The topological polar surface area (TPSA) is 110 Å². The van der Waals surface area contributed by atoms with E-state index in [1.807, 2.05) is 0 Å². The Morgan fingerprint density at radius 3 is 2.67 bits per heavy atom. The highest BCUT2D eigenvalue weighted by Gasteiger charge is 2.29. The number of benzene rings is 1. The average Bonchev–Trinajstić information content (AvgIpc) is 2.36. The van der Waals surface area contributed by atoms with Crippen molar-refractivity contribution in [3.8, 4) is 0 Å². The van der Waals surface area contributed by atoms with E-state index in [4.69, 9.17) is 0 Å². The summed E-state index contributed by atoms with van der Waals surface area (Å²) >= 11 is 4.45. The largest absolute Gasteiger partial charge is 0.388 e. The van der Waals surface area contributed by atoms with Crippen molar-refractivity contribution >= 4 is 43.4 Å². The number of nitro groups is 1. The lowest BCUT2D eigenvalue weighted by atomic mass is 10.1. The normalized spacial score (nSPS) is 14.7. The second kappa shape index (κ2) is 7.05. The summed E-state index contributed by atoms with van der Waals surface area (Å²) in [5.41, 5.74) is -1.76. The summed E-state index contributed by atoms with van der Waals surface area (Å²) in [5, 5.41) is 20.9. The number of thioether (sulfide) groups is 1. The molecule has 118 valence electrons. The third-order valence-electron chi connectivity index (χ3n) is 2.51. The molecule has 0 saturated heterocycles. The molecule has 0 amide bonds. The molecule has 0 aromatic heterocycles. The smallest absolute Gasteiger partial charge is 0.289 e. The number of sulfonamides is 1. The van der Waals surface area contributed by atoms with Crippen molar-refractivity contribution in [2.75, 3.05) is 18.6 Å². The lowest BCUT2D eigenvalue weighted by molar-refractivity contribution is -0.387. The number of aliphatic hydroxyl groups is 1. The minimum atomic E-state index is -4.10. The number of rotatable bonds is 7. The minimum absolute atomic E-state index is 0.236. The fourth-order valence-corrected chi connectivity index (χ4v) is 4.14. The molecule has 0 radical (unpaired) electrons. The molecule has 0 aliphatic rings. The van der Waals surface area contributed by atoms with E-state index in [1.54, 1.807) is 6.26 Å². The highest BCUT2D eigenvalue weighted by molar-refractivity contribution is 9.10. The van der Waals surface area contributed by atoms with E-state index in [1.165, 1.54) is 24.8 Å². The maximum Gasteiger partial charge on any atom is 0.289 e. The predicted octanol–water partition coefficient (Wildman–Crippen LogP) is 1.75. The lowest BCUT2D eigenvalue weighted by Crippen LogP contribution is -2.42. The first-order valence-electron chi connectivity index (χ1n) is 5.74. The number of hydrogen-bond donors (Lipinski definition) is 2. The number of nitrogens with one attached hydrogen (secondary N) is 1. The second-order valence-electron chi connectivity index (χ2n) is 4.62. The van der Waals surface area contributed by atoms with Crippen LogP contribution in [0, 0.1) is 10.1 Å². The molecule has 2 N–H and O–H groups in total. The van der Waals surface area contributed by atoms with Gasteiger partial charge in [0.2, 0.25) is 10.0 Å². The van der Waals surface area contributed by atoms with Gasteiger partial charge < -0.3 is 5.11 Å². The van der Waals surface area contributed by atoms with Crippen molar-refractivity contribution in [2.45, 2.75) is 17.4 Å². The van der Waals surface area contributed by atoms with Gasteiger partial charge in [0.25, 0.3) is 5.69 Å². The number of nitro benzene ring substituents is 1. The maximum absolute atomic E-state index is 12.2. The molecule has 0 heterocycles. The van der Waals surface area contributed by atoms with Gasteiger partial charge in [0.1, 0.15) is 0 Å². The van der Waals surface area contributed by atoms with Crippen molar-refractivity contribution < 1.29 is 18.4 Å². The van der Waals surface area contributed by atoms with Crippen molar-refractivity contribution in [1.29, 1.82) is 0 Å². The van der Waals surface area contributed by atoms with Gasteiger partial charge in [0, 0.05) is 22.8 Å². The molecule has 0 aliphatic carbocycles. The van der Waals surface area contributed by atoms with Crippen LogP contribution in [0.3, 0.4) is 0 Å². The molecule has 0 spiro atoms. The summed E-state index contributed by atoms with van der Waals surface area (Å²) in [7, 11) is -4.10. The van der Waals surface area contributed by atoms with Crippen LogP contribution in [0.2, 0.25) is 0 Å². The van der Waals surface area contributed by atoms with Crippen LogP contribution >= 0.6 is 27.7 Å². The average molecular weight is 399 g/mol. The molecule has 21 heavy (non-hydrogen) atoms. The Hall–Kier alpha value is -0.680. The van der Waals surface area contributed by atoms with E-state index in [0.29, 0.717) is 10.2 Å². The third-order valence-corrected chi connectivity index (χ3v) is 5.34. The van der Waals surface area contributed by atoms with Gasteiger partial charge in [-0.2, -0.15) is 11.8 Å². The van der Waals surface area contributed by atoms with Gasteiger partial charge >= 0.3 is 0 Å². The van der Waals surface area contributed by atoms with Crippen LogP contribution in [0.15, 0.2) is 27.6 Å². The molecule has 1 aromatic carbocycles. The Kier molecular flexibility index (Phi) is 6.17. The van der Waals surface area contributed by atoms with Gasteiger partial charge in [-0.05, 0) is 25.3 Å². The van der Waals surface area contributed by atoms with Gasteiger partial charge in [0.15, 0.2) is 4.90 Å². The molecular formula is C11H15BrN2O5S2. The van der Waals surface area contributed by atoms with Crippen molar-refractivity contribution in [2.24, 2.45) is 0 Å². The van der Waals surface area contributed by atoms with E-state index in [-0.39, 0.29) is 6.54 Å². The SMILES string of the molecule is CSCC(C)(O)CNS(=O)(=O)c1cc(Br)ccc1[N+](=O)[O-]. The third kappa shape index (κ3) is 5.22. The molecular weight excluding hydrogens is 384 g/mol. The molecule has 1 unspecified atom stereocenters. The first kappa shape index (κ1) is 18.4. The summed E-state index contributed by atoms with van der Waals surface area (Å²) in [6.07, 6.45) is 1.78. The Balaban J connectivity index is 3.09. The van der Waals surface area contributed by atoms with E-state index >= 15 is 0 Å². The van der Waals surface area contributed by atoms with Crippen molar-refractivity contribution in [3.63, 3.8) is 0 Å². The summed E-state index contributed by atoms with van der Waals surface area (Å²) in [6, 6.07) is 3.66. The van der Waals surface area contributed by atoms with Crippen LogP contribution in [0.25, 0.3) is 0 Å². The summed E-state index contributed by atoms with van der Waals surface area (Å²) in [6.45, 7) is 1.25. The molecule has 0 saturated carbocycles. The van der Waals surface area contributed by atoms with Gasteiger partial charge in [-0.1, -0.05) is 15.9 Å². The summed E-state index contributed by atoms with van der Waals surface area (Å²) < 4.78 is 27.0. The summed E-state index contributed by atoms with van der Waals surface area (Å²) in [4.78, 5) is 9.72. The van der Waals surface area contributed by atoms with Gasteiger partial charge in [-0.25, -0.2) is 13.1 Å². The van der Waals surface area contributed by atoms with Crippen LogP contribution in [0.5, 0.6) is 0 Å². The first-order chi connectivity index (χ1) is 9.59. The Labute approximate surface area is 135 Å². The molecule has 1 rings (SSSR count). The number of halogens is 1. The molecule has 1 aromatic rings. The Morgan fingerprint density at radius 1 is 1.52 bits per heavy atom. The zero-order valence-electron chi connectivity index (χ0n) is 11.4. The monoisotopic (exact) mass is 398 g/mol. The Morgan fingerprint density at radius 2 is 2.14 bits per heavy atom. The standard InChI is InChI=1S/C11H15BrN2O5S2/c1-11(15,7-20-2)6-13-21(18,19)10-5-8(12)3-4-9(10)14(16)17/h3-5,13,15H,6-7H2,1-2H3. The second-order valence-corrected chi connectivity index (χ2v) is 8.14. The number of nitrogens with zero attached hydrogens (tertiary/aromatic N) is 1. The van der Waals surface area contributed by atoms with Gasteiger partial charge in [0.05, 0.1) is 10.5 Å². The fraction of sp³-hybridized carbons (Fsp3) is 0.455. The molecule has 1 atom stereocenters. The minimum Gasteiger partial charge on any atom is -0.388 e. The Bertz CT molecular complexity index is 634. The van der Waals surface area contributed by atoms with Crippen molar-refractivity contribution in [1.82, 2.24) is 4.72 Å². The molecule has 10 heteroatoms. The van der Waals surface area contributed by atoms with Gasteiger partial charge in [-0.3, -0.25) is 10.1 Å². The summed E-state index contributed by atoms with van der Waals surface area (Å²) in [5.74, 6) is 0.329. The predicted molar refractivity (Wildman–Crippen MR) is 85.0 cm³/mol. The van der Waals surface area contributed by atoms with Crippen LogP contribution < -0.4 is 4.72 Å². The van der Waals surface area contributed by atoms with E-state index in [2.05, 4.69) is 20.7 Å².